The predicted molar refractivity (Wildman–Crippen MR) is 161 cm³/mol. The number of hydrogen-bond acceptors (Lipinski definition) is 8. The van der Waals surface area contributed by atoms with E-state index in [1.165, 1.54) is 12.0 Å². The summed E-state index contributed by atoms with van der Waals surface area (Å²) in [5, 5.41) is 11.8. The minimum Gasteiger partial charge on any atom is -0.503 e. The Hall–Kier alpha value is -4.73. The number of amides is 1. The minimum atomic E-state index is -0.869. The third kappa shape index (κ3) is 6.23. The van der Waals surface area contributed by atoms with Gasteiger partial charge in [0.15, 0.2) is 34.4 Å². The maximum Gasteiger partial charge on any atom is 0.290 e. The predicted octanol–water partition coefficient (Wildman–Crippen LogP) is 6.27. The van der Waals surface area contributed by atoms with Gasteiger partial charge in [-0.25, -0.2) is 4.98 Å². The summed E-state index contributed by atoms with van der Waals surface area (Å²) >= 11 is 0. The number of hydrogen-bond donors (Lipinski definition) is 1. The second-order valence-electron chi connectivity index (χ2n) is 10.3. The number of aromatic nitrogens is 2. The van der Waals surface area contributed by atoms with Crippen LogP contribution in [0.2, 0.25) is 0 Å². The van der Waals surface area contributed by atoms with Crippen LogP contribution in [0.15, 0.2) is 76.9 Å². The molecule has 4 aromatic rings. The first-order chi connectivity index (χ1) is 21.0. The molecule has 0 fully saturated rings. The minimum absolute atomic E-state index is 0.0000230. The Kier molecular flexibility index (Phi) is 9.34. The molecule has 1 aliphatic rings. The van der Waals surface area contributed by atoms with Crippen LogP contribution in [0, 0.1) is 0 Å². The molecule has 0 bridgehead atoms. The largest absolute Gasteiger partial charge is 0.503 e. The number of fused-ring (bicyclic) bond motifs is 1. The van der Waals surface area contributed by atoms with E-state index < -0.39 is 23.5 Å². The molecule has 10 nitrogen and oxygen atoms in total. The molecule has 2 aromatic heterocycles. The topological polar surface area (TPSA) is 116 Å². The van der Waals surface area contributed by atoms with E-state index in [1.54, 1.807) is 48.9 Å². The van der Waals surface area contributed by atoms with Crippen LogP contribution in [0.3, 0.4) is 0 Å². The number of rotatable bonds is 15. The molecule has 0 aliphatic carbocycles. The summed E-state index contributed by atoms with van der Waals surface area (Å²) in [6.45, 7) is 5.87. The lowest BCUT2D eigenvalue weighted by atomic mass is 9.94. The van der Waals surface area contributed by atoms with Crippen molar-refractivity contribution in [3.05, 3.63) is 83.8 Å². The number of Topliss-reactive ketones (excluding diaryl/α,β-unsaturated/α-hetero) is 1. The molecule has 0 saturated heterocycles. The van der Waals surface area contributed by atoms with Crippen molar-refractivity contribution >= 4 is 22.7 Å². The number of para-hydroxylation sites is 1. The first-order valence-corrected chi connectivity index (χ1v) is 14.7. The number of nitrogens with zero attached hydrogens (tertiary/aromatic N) is 3. The van der Waals surface area contributed by atoms with Gasteiger partial charge in [0.1, 0.15) is 0 Å². The fourth-order valence-corrected chi connectivity index (χ4v) is 5.36. The zero-order valence-electron chi connectivity index (χ0n) is 24.7. The lowest BCUT2D eigenvalue weighted by molar-refractivity contribution is -0.129. The van der Waals surface area contributed by atoms with Crippen molar-refractivity contribution < 1.29 is 33.3 Å². The van der Waals surface area contributed by atoms with E-state index in [9.17, 15) is 14.7 Å². The molecule has 1 N–H and O–H groups in total. The Morgan fingerprint density at radius 2 is 1.88 bits per heavy atom. The molecule has 1 unspecified atom stereocenters. The quantitative estimate of drug-likeness (QED) is 0.128. The number of furan rings is 1. The first-order valence-electron chi connectivity index (χ1n) is 14.7. The van der Waals surface area contributed by atoms with Gasteiger partial charge in [-0.05, 0) is 49.6 Å². The highest BCUT2D eigenvalue weighted by atomic mass is 16.5. The van der Waals surface area contributed by atoms with Crippen molar-refractivity contribution in [2.45, 2.75) is 52.1 Å². The number of imidazole rings is 1. The monoisotopic (exact) mass is 587 g/mol. The van der Waals surface area contributed by atoms with Crippen LogP contribution < -0.4 is 14.2 Å². The van der Waals surface area contributed by atoms with E-state index in [4.69, 9.17) is 18.6 Å². The number of aryl methyl sites for hydroxylation is 1. The van der Waals surface area contributed by atoms with Gasteiger partial charge in [0.05, 0.1) is 38.3 Å². The molecule has 1 aliphatic heterocycles. The maximum absolute atomic E-state index is 14.0. The third-order valence-corrected chi connectivity index (χ3v) is 7.46. The van der Waals surface area contributed by atoms with Gasteiger partial charge in [-0.2, -0.15) is 0 Å². The van der Waals surface area contributed by atoms with E-state index in [0.29, 0.717) is 60.0 Å². The van der Waals surface area contributed by atoms with Crippen molar-refractivity contribution in [2.24, 2.45) is 0 Å². The second kappa shape index (κ2) is 13.5. The normalized spacial score (nSPS) is 15.0. The Labute approximate surface area is 250 Å². The van der Waals surface area contributed by atoms with Gasteiger partial charge in [-0.3, -0.25) is 9.59 Å². The van der Waals surface area contributed by atoms with Crippen molar-refractivity contribution in [3.63, 3.8) is 0 Å². The fourth-order valence-electron chi connectivity index (χ4n) is 5.36. The number of benzene rings is 2. The molecule has 5 rings (SSSR count). The molecule has 1 atom stereocenters. The van der Waals surface area contributed by atoms with Gasteiger partial charge in [0.2, 0.25) is 5.78 Å². The van der Waals surface area contributed by atoms with Crippen molar-refractivity contribution in [2.75, 3.05) is 26.9 Å². The van der Waals surface area contributed by atoms with Crippen molar-refractivity contribution in [1.82, 2.24) is 14.5 Å². The molecule has 10 heteroatoms. The number of ketones is 1. The van der Waals surface area contributed by atoms with Crippen molar-refractivity contribution in [3.8, 4) is 17.2 Å². The summed E-state index contributed by atoms with van der Waals surface area (Å²) in [5.74, 6) is -0.222. The lowest BCUT2D eigenvalue weighted by Gasteiger charge is -2.27. The SMILES string of the molecule is CCCCCOc1ccc(C2C(C(=O)c3cc4cccc(OC)c4o3)=C(O)C(=O)N2CCCn2ccnc2)cc1OCC. The number of aliphatic hydroxyl groups excluding tert-OH is 1. The molecule has 0 saturated carbocycles. The molecule has 0 radical (unpaired) electrons. The fraction of sp³-hybridized carbons (Fsp3) is 0.364. The molecule has 2 aromatic carbocycles. The van der Waals surface area contributed by atoms with E-state index in [2.05, 4.69) is 11.9 Å². The van der Waals surface area contributed by atoms with Crippen LogP contribution in [-0.2, 0) is 11.3 Å². The van der Waals surface area contributed by atoms with E-state index in [1.807, 2.05) is 23.8 Å². The van der Waals surface area contributed by atoms with Crippen LogP contribution in [0.25, 0.3) is 11.0 Å². The summed E-state index contributed by atoms with van der Waals surface area (Å²) < 4.78 is 25.2. The average molecular weight is 588 g/mol. The van der Waals surface area contributed by atoms with Gasteiger partial charge in [0, 0.05) is 30.9 Å². The van der Waals surface area contributed by atoms with E-state index in [-0.39, 0.29) is 17.9 Å². The Balaban J connectivity index is 1.52. The molecule has 0 spiro atoms. The number of unbranched alkanes of at least 4 members (excludes halogenated alkanes) is 2. The van der Waals surface area contributed by atoms with Gasteiger partial charge in [-0.1, -0.05) is 38.0 Å². The molecular weight excluding hydrogens is 550 g/mol. The summed E-state index contributed by atoms with van der Waals surface area (Å²) in [6, 6.07) is 11.5. The van der Waals surface area contributed by atoms with Crippen LogP contribution in [0.1, 0.15) is 61.7 Å². The number of ether oxygens (including phenoxy) is 3. The zero-order chi connectivity index (χ0) is 30.3. The van der Waals surface area contributed by atoms with E-state index >= 15 is 0 Å². The van der Waals surface area contributed by atoms with Crippen LogP contribution in [0.5, 0.6) is 17.2 Å². The van der Waals surface area contributed by atoms with E-state index in [0.717, 1.165) is 19.3 Å². The lowest BCUT2D eigenvalue weighted by Crippen LogP contribution is -2.32. The number of carbonyl (C=O) groups is 2. The van der Waals surface area contributed by atoms with Gasteiger partial charge >= 0.3 is 0 Å². The summed E-state index contributed by atoms with van der Waals surface area (Å²) in [6.07, 6.45) is 8.88. The highest BCUT2D eigenvalue weighted by molar-refractivity contribution is 6.16. The third-order valence-electron chi connectivity index (χ3n) is 7.46. The maximum atomic E-state index is 14.0. The first kappa shape index (κ1) is 29.8. The zero-order valence-corrected chi connectivity index (χ0v) is 24.7. The molecule has 226 valence electrons. The average Bonchev–Trinajstić information content (AvgIpc) is 3.75. The van der Waals surface area contributed by atoms with Gasteiger partial charge in [0.25, 0.3) is 5.91 Å². The summed E-state index contributed by atoms with van der Waals surface area (Å²) in [7, 11) is 1.52. The smallest absolute Gasteiger partial charge is 0.290 e. The van der Waals surface area contributed by atoms with Crippen molar-refractivity contribution in [1.29, 1.82) is 0 Å². The summed E-state index contributed by atoms with van der Waals surface area (Å²) in [5.41, 5.74) is 0.973. The Morgan fingerprint density at radius 1 is 1.02 bits per heavy atom. The highest BCUT2D eigenvalue weighted by Gasteiger charge is 2.44. The second-order valence-corrected chi connectivity index (χ2v) is 10.3. The Morgan fingerprint density at radius 3 is 2.63 bits per heavy atom. The Bertz CT molecular complexity index is 1610. The van der Waals surface area contributed by atoms with Crippen LogP contribution in [0.4, 0.5) is 0 Å². The molecule has 1 amide bonds. The standard InChI is InChI=1S/C33H37N3O7/c1-4-6-7-18-42-24-13-12-22(19-26(24)41-5-2)29-28(30(37)27-20-23-10-8-11-25(40-3)32(23)43-27)31(38)33(39)36(29)16-9-15-35-17-14-34-21-35/h8,10-14,17,19-21,29,38H,4-7,9,15-16,18H2,1-3H3. The molecule has 43 heavy (non-hydrogen) atoms. The summed E-state index contributed by atoms with van der Waals surface area (Å²) in [4.78, 5) is 33.2. The van der Waals surface area contributed by atoms with Gasteiger partial charge in [-0.15, -0.1) is 0 Å². The highest BCUT2D eigenvalue weighted by Crippen LogP contribution is 2.42. The van der Waals surface area contributed by atoms with Crippen LogP contribution >= 0.6 is 0 Å². The number of aliphatic hydroxyl groups is 1. The van der Waals surface area contributed by atoms with Crippen LogP contribution in [-0.4, -0.2) is 58.1 Å². The number of methoxy groups -OCH3 is 1. The molecule has 3 heterocycles. The number of carbonyl (C=O) groups excluding carboxylic acids is 2. The molecular formula is C33H37N3O7. The van der Waals surface area contributed by atoms with Gasteiger partial charge < -0.3 is 33.2 Å².